The normalized spacial score (nSPS) is 21.0. The van der Waals surface area contributed by atoms with Crippen LogP contribution in [0.2, 0.25) is 0 Å². The topological polar surface area (TPSA) is 71.3 Å². The molecule has 36 heavy (non-hydrogen) atoms. The minimum atomic E-state index is 0.357. The highest BCUT2D eigenvalue weighted by Gasteiger charge is 2.54. The highest BCUT2D eigenvalue weighted by molar-refractivity contribution is 5.89. The molecule has 1 spiro atoms. The molecule has 0 radical (unpaired) electrons. The summed E-state index contributed by atoms with van der Waals surface area (Å²) in [5.41, 5.74) is 11.0. The first-order chi connectivity index (χ1) is 17.4. The molecule has 7 heteroatoms. The van der Waals surface area contributed by atoms with Gasteiger partial charge in [0.2, 0.25) is 0 Å². The van der Waals surface area contributed by atoms with E-state index in [1.807, 2.05) is 4.52 Å². The van der Waals surface area contributed by atoms with Crippen molar-refractivity contribution in [1.82, 2.24) is 29.5 Å². The smallest absolute Gasteiger partial charge is 0.158 e. The van der Waals surface area contributed by atoms with E-state index < -0.39 is 0 Å². The van der Waals surface area contributed by atoms with Crippen molar-refractivity contribution in [2.45, 2.75) is 71.3 Å². The van der Waals surface area contributed by atoms with Gasteiger partial charge in [-0.3, -0.25) is 9.88 Å². The molecule has 2 saturated heterocycles. The molecule has 1 saturated carbocycles. The van der Waals surface area contributed by atoms with Gasteiger partial charge in [-0.1, -0.05) is 13.8 Å². The van der Waals surface area contributed by atoms with E-state index in [0.29, 0.717) is 17.3 Å². The van der Waals surface area contributed by atoms with Crippen molar-refractivity contribution in [3.63, 3.8) is 0 Å². The Morgan fingerprint density at radius 2 is 1.86 bits per heavy atom. The fourth-order valence-electron chi connectivity index (χ4n) is 7.13. The second-order valence-corrected chi connectivity index (χ2v) is 11.9. The van der Waals surface area contributed by atoms with Crippen LogP contribution in [0.25, 0.3) is 27.9 Å². The summed E-state index contributed by atoms with van der Waals surface area (Å²) in [6.45, 7) is 13.3. The van der Waals surface area contributed by atoms with Crippen LogP contribution in [0.15, 0.2) is 24.7 Å². The van der Waals surface area contributed by atoms with Crippen molar-refractivity contribution in [1.29, 1.82) is 0 Å². The van der Waals surface area contributed by atoms with Gasteiger partial charge in [-0.2, -0.15) is 5.10 Å². The highest BCUT2D eigenvalue weighted by atomic mass is 16.5. The summed E-state index contributed by atoms with van der Waals surface area (Å²) in [7, 11) is 0. The van der Waals surface area contributed by atoms with Crippen LogP contribution in [0.3, 0.4) is 0 Å². The second kappa shape index (κ2) is 8.12. The van der Waals surface area contributed by atoms with Crippen LogP contribution in [-0.2, 0) is 4.74 Å². The van der Waals surface area contributed by atoms with Crippen LogP contribution in [0, 0.1) is 19.3 Å². The Balaban J connectivity index is 1.18. The molecule has 0 aromatic carbocycles. The van der Waals surface area contributed by atoms with E-state index in [0.717, 1.165) is 35.9 Å². The SMILES string of the molecule is Cc1c(-c2[nH]c3ccc(C4CC5(C4)CN(C4CCOCC4)C5)nc3c2C(C)C)cn2ncnc2c1C. The second-order valence-electron chi connectivity index (χ2n) is 11.9. The fourth-order valence-corrected chi connectivity index (χ4v) is 7.13. The largest absolute Gasteiger partial charge is 0.381 e. The van der Waals surface area contributed by atoms with Gasteiger partial charge in [-0.25, -0.2) is 9.50 Å². The zero-order chi connectivity index (χ0) is 24.6. The van der Waals surface area contributed by atoms with Crippen LogP contribution in [0.4, 0.5) is 0 Å². The number of rotatable bonds is 4. The lowest BCUT2D eigenvalue weighted by Crippen LogP contribution is -2.64. The summed E-state index contributed by atoms with van der Waals surface area (Å²) in [5.74, 6) is 0.940. The molecule has 0 amide bonds. The molecule has 0 atom stereocenters. The molecule has 188 valence electrons. The minimum Gasteiger partial charge on any atom is -0.381 e. The van der Waals surface area contributed by atoms with Crippen LogP contribution in [0.1, 0.15) is 73.8 Å². The number of aromatic amines is 1. The number of likely N-dealkylation sites (tertiary alicyclic amines) is 1. The van der Waals surface area contributed by atoms with E-state index in [1.54, 1.807) is 6.33 Å². The van der Waals surface area contributed by atoms with Crippen molar-refractivity contribution < 1.29 is 4.74 Å². The van der Waals surface area contributed by atoms with Crippen molar-refractivity contribution in [3.05, 3.63) is 47.0 Å². The maximum Gasteiger partial charge on any atom is 0.158 e. The summed E-state index contributed by atoms with van der Waals surface area (Å²) in [6, 6.07) is 5.26. The lowest BCUT2D eigenvalue weighted by atomic mass is 9.56. The Labute approximate surface area is 212 Å². The molecular formula is C29H36N6O. The van der Waals surface area contributed by atoms with Gasteiger partial charge in [0.15, 0.2) is 5.65 Å². The lowest BCUT2D eigenvalue weighted by molar-refractivity contribution is -0.112. The summed E-state index contributed by atoms with van der Waals surface area (Å²) < 4.78 is 7.45. The third kappa shape index (κ3) is 3.36. The van der Waals surface area contributed by atoms with Gasteiger partial charge < -0.3 is 9.72 Å². The Hall–Kier alpha value is -2.77. The van der Waals surface area contributed by atoms with Crippen molar-refractivity contribution in [2.24, 2.45) is 5.41 Å². The summed E-state index contributed by atoms with van der Waals surface area (Å²) in [4.78, 5) is 16.2. The molecular weight excluding hydrogens is 448 g/mol. The molecule has 6 heterocycles. The molecule has 1 aliphatic carbocycles. The lowest BCUT2D eigenvalue weighted by Gasteiger charge is -2.61. The predicted molar refractivity (Wildman–Crippen MR) is 141 cm³/mol. The average Bonchev–Trinajstić information content (AvgIpc) is 3.44. The average molecular weight is 485 g/mol. The standard InChI is InChI=1S/C29H36N6O/c1-17(2)25-26(22-13-35-28(30-16-31-35)19(4)18(22)3)33-24-6-5-23(32-27(24)25)20-11-29(12-20)14-34(15-29)21-7-9-36-10-8-21/h5-6,13,16-17,20-21,33H,7-12,14-15H2,1-4H3. The molecule has 0 bridgehead atoms. The monoisotopic (exact) mass is 484 g/mol. The third-order valence-electron chi connectivity index (χ3n) is 9.24. The summed E-state index contributed by atoms with van der Waals surface area (Å²) in [6.07, 6.45) is 8.70. The molecule has 3 aliphatic rings. The fraction of sp³-hybridized carbons (Fsp3) is 0.552. The van der Waals surface area contributed by atoms with E-state index in [4.69, 9.17) is 9.72 Å². The summed E-state index contributed by atoms with van der Waals surface area (Å²) >= 11 is 0. The first-order valence-corrected chi connectivity index (χ1v) is 13.6. The third-order valence-corrected chi connectivity index (χ3v) is 9.24. The first-order valence-electron chi connectivity index (χ1n) is 13.6. The Bertz CT molecular complexity index is 1450. The quantitative estimate of drug-likeness (QED) is 0.422. The molecule has 7 nitrogen and oxygen atoms in total. The van der Waals surface area contributed by atoms with Crippen LogP contribution in [0.5, 0.6) is 0 Å². The van der Waals surface area contributed by atoms with Gasteiger partial charge in [-0.15, -0.1) is 0 Å². The zero-order valence-electron chi connectivity index (χ0n) is 21.8. The number of nitrogens with one attached hydrogen (secondary N) is 1. The number of hydrogen-bond acceptors (Lipinski definition) is 5. The predicted octanol–water partition coefficient (Wildman–Crippen LogP) is 5.37. The van der Waals surface area contributed by atoms with Crippen LogP contribution >= 0.6 is 0 Å². The molecule has 4 aromatic heterocycles. The maximum absolute atomic E-state index is 5.56. The highest BCUT2D eigenvalue weighted by Crippen LogP contribution is 2.56. The number of hydrogen-bond donors (Lipinski definition) is 1. The number of aromatic nitrogens is 5. The van der Waals surface area contributed by atoms with Crippen molar-refractivity contribution in [2.75, 3.05) is 26.3 Å². The van der Waals surface area contributed by atoms with Crippen LogP contribution < -0.4 is 0 Å². The minimum absolute atomic E-state index is 0.357. The Kier molecular flexibility index (Phi) is 5.06. The Morgan fingerprint density at radius 3 is 2.61 bits per heavy atom. The number of H-pyrrole nitrogens is 1. The van der Waals surface area contributed by atoms with E-state index in [1.165, 1.54) is 72.4 Å². The van der Waals surface area contributed by atoms with Crippen molar-refractivity contribution in [3.8, 4) is 11.3 Å². The number of aryl methyl sites for hydroxylation is 1. The molecule has 1 N–H and O–H groups in total. The maximum atomic E-state index is 5.56. The number of nitrogens with zero attached hydrogens (tertiary/aromatic N) is 5. The van der Waals surface area contributed by atoms with Gasteiger partial charge in [0, 0.05) is 61.3 Å². The molecule has 4 aromatic rings. The van der Waals surface area contributed by atoms with Gasteiger partial charge in [0.05, 0.1) is 16.7 Å². The van der Waals surface area contributed by atoms with Crippen LogP contribution in [-0.4, -0.2) is 61.8 Å². The number of pyridine rings is 2. The molecule has 7 rings (SSSR count). The van der Waals surface area contributed by atoms with Gasteiger partial charge in [0.25, 0.3) is 0 Å². The van der Waals surface area contributed by atoms with E-state index in [9.17, 15) is 0 Å². The van der Waals surface area contributed by atoms with E-state index in [-0.39, 0.29) is 0 Å². The Morgan fingerprint density at radius 1 is 1.08 bits per heavy atom. The van der Waals surface area contributed by atoms with Gasteiger partial charge >= 0.3 is 0 Å². The zero-order valence-corrected chi connectivity index (χ0v) is 21.8. The summed E-state index contributed by atoms with van der Waals surface area (Å²) in [5, 5.41) is 4.42. The first kappa shape index (κ1) is 22.4. The molecule has 3 fully saturated rings. The van der Waals surface area contributed by atoms with Gasteiger partial charge in [-0.05, 0) is 74.1 Å². The van der Waals surface area contributed by atoms with Crippen molar-refractivity contribution >= 4 is 16.7 Å². The number of fused-ring (bicyclic) bond motifs is 2. The van der Waals surface area contributed by atoms with E-state index in [2.05, 4.69) is 66.0 Å². The number of ether oxygens (including phenoxy) is 1. The molecule has 0 unspecified atom stereocenters. The van der Waals surface area contributed by atoms with Gasteiger partial charge in [0.1, 0.15) is 6.33 Å². The molecule has 2 aliphatic heterocycles. The van der Waals surface area contributed by atoms with E-state index >= 15 is 0 Å².